The molecule has 1 heterocycles. The predicted octanol–water partition coefficient (Wildman–Crippen LogP) is 2.89. The number of hydrogen-bond donors (Lipinski definition) is 1. The molecule has 1 aliphatic carbocycles. The van der Waals surface area contributed by atoms with E-state index in [0.29, 0.717) is 18.1 Å². The van der Waals surface area contributed by atoms with Crippen LogP contribution in [-0.2, 0) is 19.6 Å². The van der Waals surface area contributed by atoms with Gasteiger partial charge in [0.1, 0.15) is 6.04 Å². The summed E-state index contributed by atoms with van der Waals surface area (Å²) in [5.74, 6) is -0.233. The topological polar surface area (TPSA) is 86.8 Å². The Morgan fingerprint density at radius 1 is 1.06 bits per heavy atom. The monoisotopic (exact) mass is 469 g/mol. The van der Waals surface area contributed by atoms with E-state index < -0.39 is 16.1 Å². The summed E-state index contributed by atoms with van der Waals surface area (Å²) >= 11 is 5.95. The molecule has 1 aliphatic heterocycles. The van der Waals surface area contributed by atoms with Crippen LogP contribution < -0.4 is 5.32 Å². The zero-order valence-electron chi connectivity index (χ0n) is 18.2. The van der Waals surface area contributed by atoms with Gasteiger partial charge in [0.2, 0.25) is 21.8 Å². The molecule has 2 fully saturated rings. The molecule has 1 saturated heterocycles. The number of hydrogen-bond acceptors (Lipinski definition) is 4. The number of halogens is 1. The number of amides is 2. The normalized spacial score (nSPS) is 19.9. The molecule has 2 aliphatic rings. The van der Waals surface area contributed by atoms with Crippen molar-refractivity contribution in [1.82, 2.24) is 14.5 Å². The molecule has 3 rings (SSSR count). The zero-order chi connectivity index (χ0) is 22.6. The van der Waals surface area contributed by atoms with Crippen molar-refractivity contribution >= 4 is 33.4 Å². The van der Waals surface area contributed by atoms with Crippen molar-refractivity contribution in [1.29, 1.82) is 0 Å². The van der Waals surface area contributed by atoms with Gasteiger partial charge in [0.25, 0.3) is 0 Å². The Labute approximate surface area is 190 Å². The van der Waals surface area contributed by atoms with Crippen LogP contribution in [0.15, 0.2) is 29.2 Å². The molecule has 0 spiro atoms. The molecule has 0 radical (unpaired) electrons. The summed E-state index contributed by atoms with van der Waals surface area (Å²) in [7, 11) is -3.66. The summed E-state index contributed by atoms with van der Waals surface area (Å²) in [6.45, 7) is 4.85. The van der Waals surface area contributed by atoms with Crippen molar-refractivity contribution < 1.29 is 18.0 Å². The Morgan fingerprint density at radius 2 is 1.71 bits per heavy atom. The van der Waals surface area contributed by atoms with Crippen molar-refractivity contribution in [2.45, 2.75) is 56.9 Å². The third kappa shape index (κ3) is 5.79. The molecule has 0 aromatic heterocycles. The highest BCUT2D eigenvalue weighted by Gasteiger charge is 2.35. The van der Waals surface area contributed by atoms with Crippen LogP contribution in [0.1, 0.15) is 46.0 Å². The van der Waals surface area contributed by atoms with Gasteiger partial charge in [0.15, 0.2) is 0 Å². The first-order valence-electron chi connectivity index (χ1n) is 11.0. The third-order valence-corrected chi connectivity index (χ3v) is 8.32. The maximum atomic E-state index is 13.2. The van der Waals surface area contributed by atoms with Crippen molar-refractivity contribution in [2.75, 3.05) is 26.2 Å². The van der Waals surface area contributed by atoms with E-state index >= 15 is 0 Å². The van der Waals surface area contributed by atoms with Crippen molar-refractivity contribution in [3.8, 4) is 0 Å². The number of carbonyl (C=O) groups is 2. The van der Waals surface area contributed by atoms with Gasteiger partial charge < -0.3 is 10.2 Å². The standard InChI is InChI=1S/C22H32ClN3O4S/c1-16(2)20(24-21(27)17-7-4-3-5-8-17)22(28)25-11-13-26(14-12-25)31(29,30)19-10-6-9-18(23)15-19/h6,9-10,15-17,20H,3-5,7-8,11-14H2,1-2H3,(H,24,27)/t20-/m0/s1. The van der Waals surface area contributed by atoms with E-state index in [9.17, 15) is 18.0 Å². The van der Waals surface area contributed by atoms with Gasteiger partial charge in [-0.3, -0.25) is 9.59 Å². The van der Waals surface area contributed by atoms with Crippen LogP contribution >= 0.6 is 11.6 Å². The van der Waals surface area contributed by atoms with E-state index in [0.717, 1.165) is 25.7 Å². The number of piperazine rings is 1. The number of benzene rings is 1. The molecule has 1 aromatic rings. The highest BCUT2D eigenvalue weighted by Crippen LogP contribution is 2.25. The number of nitrogens with zero attached hydrogens (tertiary/aromatic N) is 2. The van der Waals surface area contributed by atoms with E-state index in [4.69, 9.17) is 11.6 Å². The van der Waals surface area contributed by atoms with Gasteiger partial charge in [-0.2, -0.15) is 4.31 Å². The second-order valence-corrected chi connectivity index (χ2v) is 11.1. The lowest BCUT2D eigenvalue weighted by atomic mass is 9.88. The van der Waals surface area contributed by atoms with Gasteiger partial charge in [0.05, 0.1) is 4.90 Å². The van der Waals surface area contributed by atoms with E-state index in [1.165, 1.54) is 22.9 Å². The van der Waals surface area contributed by atoms with Crippen LogP contribution in [0.3, 0.4) is 0 Å². The molecule has 2 amide bonds. The fourth-order valence-electron chi connectivity index (χ4n) is 4.27. The average molecular weight is 470 g/mol. The largest absolute Gasteiger partial charge is 0.344 e. The Balaban J connectivity index is 1.61. The Hall–Kier alpha value is -1.64. The second-order valence-electron chi connectivity index (χ2n) is 8.75. The number of rotatable bonds is 6. The van der Waals surface area contributed by atoms with Gasteiger partial charge in [0, 0.05) is 37.1 Å². The lowest BCUT2D eigenvalue weighted by molar-refractivity contribution is -0.139. The van der Waals surface area contributed by atoms with Crippen LogP contribution in [-0.4, -0.2) is 61.7 Å². The molecule has 1 aromatic carbocycles. The first-order valence-corrected chi connectivity index (χ1v) is 12.9. The Morgan fingerprint density at radius 3 is 2.29 bits per heavy atom. The molecule has 0 bridgehead atoms. The average Bonchev–Trinajstić information content (AvgIpc) is 2.77. The molecule has 9 heteroatoms. The fourth-order valence-corrected chi connectivity index (χ4v) is 6.00. The van der Waals surface area contributed by atoms with E-state index in [2.05, 4.69) is 5.32 Å². The second kappa shape index (κ2) is 10.3. The first kappa shape index (κ1) is 24.0. The quantitative estimate of drug-likeness (QED) is 0.694. The maximum absolute atomic E-state index is 13.2. The summed E-state index contributed by atoms with van der Waals surface area (Å²) in [5, 5.41) is 3.34. The van der Waals surface area contributed by atoms with Crippen molar-refractivity contribution in [3.63, 3.8) is 0 Å². The molecule has 7 nitrogen and oxygen atoms in total. The van der Waals surface area contributed by atoms with Gasteiger partial charge >= 0.3 is 0 Å². The minimum atomic E-state index is -3.66. The van der Waals surface area contributed by atoms with E-state index in [1.807, 2.05) is 13.8 Å². The Kier molecular flexibility index (Phi) is 7.99. The molecule has 172 valence electrons. The van der Waals surface area contributed by atoms with E-state index in [-0.39, 0.29) is 41.6 Å². The van der Waals surface area contributed by atoms with Crippen LogP contribution in [0.25, 0.3) is 0 Å². The van der Waals surface area contributed by atoms with E-state index in [1.54, 1.807) is 17.0 Å². The Bertz CT molecular complexity index is 892. The lowest BCUT2D eigenvalue weighted by Gasteiger charge is -2.37. The van der Waals surface area contributed by atoms with Gasteiger partial charge in [-0.15, -0.1) is 0 Å². The zero-order valence-corrected chi connectivity index (χ0v) is 19.8. The maximum Gasteiger partial charge on any atom is 0.245 e. The molecule has 0 unspecified atom stereocenters. The van der Waals surface area contributed by atoms with Gasteiger partial charge in [-0.1, -0.05) is 50.8 Å². The highest BCUT2D eigenvalue weighted by atomic mass is 35.5. The van der Waals surface area contributed by atoms with Crippen LogP contribution in [0.4, 0.5) is 0 Å². The SMILES string of the molecule is CC(C)[C@H](NC(=O)C1CCCCC1)C(=O)N1CCN(S(=O)(=O)c2cccc(Cl)c2)CC1. The van der Waals surface area contributed by atoms with Gasteiger partial charge in [-0.25, -0.2) is 8.42 Å². The predicted molar refractivity (Wildman–Crippen MR) is 120 cm³/mol. The van der Waals surface area contributed by atoms with Crippen LogP contribution in [0.2, 0.25) is 5.02 Å². The van der Waals surface area contributed by atoms with Crippen molar-refractivity contribution in [3.05, 3.63) is 29.3 Å². The minimum absolute atomic E-state index is 0.0116. The molecule has 1 saturated carbocycles. The molecule has 31 heavy (non-hydrogen) atoms. The third-order valence-electron chi connectivity index (χ3n) is 6.19. The van der Waals surface area contributed by atoms with Gasteiger partial charge in [-0.05, 0) is 37.0 Å². The lowest BCUT2D eigenvalue weighted by Crippen LogP contribution is -2.57. The van der Waals surface area contributed by atoms with Crippen LogP contribution in [0.5, 0.6) is 0 Å². The summed E-state index contributed by atoms with van der Waals surface area (Å²) in [6.07, 6.45) is 5.04. The minimum Gasteiger partial charge on any atom is -0.344 e. The summed E-state index contributed by atoms with van der Waals surface area (Å²) in [5.41, 5.74) is 0. The highest BCUT2D eigenvalue weighted by molar-refractivity contribution is 7.89. The molecular weight excluding hydrogens is 438 g/mol. The molecular formula is C22H32ClN3O4S. The summed E-state index contributed by atoms with van der Waals surface area (Å²) in [4.78, 5) is 27.7. The molecule has 1 N–H and O–H groups in total. The molecule has 1 atom stereocenters. The van der Waals surface area contributed by atoms with Crippen molar-refractivity contribution in [2.24, 2.45) is 11.8 Å². The number of nitrogens with one attached hydrogen (secondary N) is 1. The van der Waals surface area contributed by atoms with Crippen LogP contribution in [0, 0.1) is 11.8 Å². The number of carbonyl (C=O) groups excluding carboxylic acids is 2. The first-order chi connectivity index (χ1) is 14.7. The summed E-state index contributed by atoms with van der Waals surface area (Å²) in [6, 6.07) is 5.60. The number of sulfonamides is 1. The fraction of sp³-hybridized carbons (Fsp3) is 0.636. The summed E-state index contributed by atoms with van der Waals surface area (Å²) < 4.78 is 27.2. The smallest absolute Gasteiger partial charge is 0.245 e.